The van der Waals surface area contributed by atoms with Crippen molar-refractivity contribution in [2.75, 3.05) is 13.7 Å². The summed E-state index contributed by atoms with van der Waals surface area (Å²) in [6.45, 7) is 2.89. The number of methoxy groups -OCH3 is 1. The van der Waals surface area contributed by atoms with Gasteiger partial charge in [-0.25, -0.2) is 0 Å². The monoisotopic (exact) mass is 494 g/mol. The van der Waals surface area contributed by atoms with Crippen LogP contribution in [-0.2, 0) is 11.4 Å². The molecule has 152 valence electrons. The van der Waals surface area contributed by atoms with Gasteiger partial charge in [0.05, 0.1) is 7.11 Å². The van der Waals surface area contributed by atoms with Crippen molar-refractivity contribution < 1.29 is 14.3 Å². The first kappa shape index (κ1) is 21.6. The smallest absolute Gasteiger partial charge is 0.276 e. The highest BCUT2D eigenvalue weighted by atomic mass is 79.9. The van der Waals surface area contributed by atoms with E-state index in [1.165, 1.54) is 0 Å². The van der Waals surface area contributed by atoms with E-state index >= 15 is 0 Å². The molecule has 1 N–H and O–H groups in total. The molecule has 1 amide bonds. The van der Waals surface area contributed by atoms with Crippen molar-refractivity contribution in [3.05, 3.63) is 62.7 Å². The predicted molar refractivity (Wildman–Crippen MR) is 122 cm³/mol. The van der Waals surface area contributed by atoms with E-state index in [9.17, 15) is 4.79 Å². The summed E-state index contributed by atoms with van der Waals surface area (Å²) < 4.78 is 12.2. The molecule has 0 bridgehead atoms. The Kier molecular flexibility index (Phi) is 7.16. The van der Waals surface area contributed by atoms with Crippen molar-refractivity contribution in [2.24, 2.45) is 0 Å². The molecule has 1 saturated heterocycles. The van der Waals surface area contributed by atoms with E-state index in [1.54, 1.807) is 24.2 Å². The molecule has 2 aromatic rings. The van der Waals surface area contributed by atoms with E-state index < -0.39 is 0 Å². The minimum Gasteiger partial charge on any atom is -0.493 e. The highest BCUT2D eigenvalue weighted by Crippen LogP contribution is 2.35. The molecule has 5 nitrogen and oxygen atoms in total. The van der Waals surface area contributed by atoms with Gasteiger partial charge in [-0.15, -0.1) is 0 Å². The third-order valence-corrected chi connectivity index (χ3v) is 5.71. The summed E-state index contributed by atoms with van der Waals surface area (Å²) in [6.07, 6.45) is 2.57. The van der Waals surface area contributed by atoms with Gasteiger partial charge in [-0.2, -0.15) is 0 Å². The Morgan fingerprint density at radius 3 is 2.72 bits per heavy atom. The normalized spacial score (nSPS) is 15.0. The summed E-state index contributed by atoms with van der Waals surface area (Å²) in [5, 5.41) is 4.05. The zero-order valence-electron chi connectivity index (χ0n) is 16.0. The maximum atomic E-state index is 12.6. The molecule has 1 aliphatic heterocycles. The second-order valence-corrected chi connectivity index (χ2v) is 8.00. The topological polar surface area (TPSA) is 50.8 Å². The Bertz CT molecular complexity index is 980. The van der Waals surface area contributed by atoms with Crippen LogP contribution in [0.4, 0.5) is 0 Å². The Morgan fingerprint density at radius 1 is 1.28 bits per heavy atom. The summed E-state index contributed by atoms with van der Waals surface area (Å²) in [5.41, 5.74) is 2.07. The van der Waals surface area contributed by atoms with E-state index in [4.69, 9.17) is 33.3 Å². The Balaban J connectivity index is 1.84. The number of ether oxygens (including phenoxy) is 2. The maximum absolute atomic E-state index is 12.6. The van der Waals surface area contributed by atoms with E-state index in [0.717, 1.165) is 22.0 Å². The Hall–Kier alpha value is -2.09. The standard InChI is InChI=1S/C21H20BrClN2O3S/c1-3-8-25-20(26)17(24-21(25)29)9-14-10-18(27-2)19(11-15(14)22)28-12-13-6-4-5-7-16(13)23/h4-7,9-11H,3,8,12H2,1-2H3,(H,24,29)/b17-9-. The molecule has 0 atom stereocenters. The number of carbonyl (C=O) groups excluding carboxylic acids is 1. The molecule has 1 heterocycles. The van der Waals surface area contributed by atoms with Crippen molar-refractivity contribution in [3.63, 3.8) is 0 Å². The van der Waals surface area contributed by atoms with Gasteiger partial charge in [0, 0.05) is 21.6 Å². The van der Waals surface area contributed by atoms with Crippen LogP contribution in [0.3, 0.4) is 0 Å². The molecule has 0 aromatic heterocycles. The van der Waals surface area contributed by atoms with Crippen LogP contribution in [0.2, 0.25) is 5.02 Å². The number of carbonyl (C=O) groups is 1. The number of hydrogen-bond donors (Lipinski definition) is 1. The first-order valence-electron chi connectivity index (χ1n) is 9.02. The van der Waals surface area contributed by atoms with Crippen LogP contribution in [0.1, 0.15) is 24.5 Å². The molecule has 1 fully saturated rings. The van der Waals surface area contributed by atoms with Crippen molar-refractivity contribution in [1.82, 2.24) is 10.2 Å². The minimum absolute atomic E-state index is 0.137. The molecule has 1 aliphatic rings. The van der Waals surface area contributed by atoms with E-state index in [1.807, 2.05) is 37.3 Å². The number of rotatable bonds is 7. The number of hydrogen-bond acceptors (Lipinski definition) is 4. The zero-order valence-corrected chi connectivity index (χ0v) is 19.2. The van der Waals surface area contributed by atoms with E-state index in [2.05, 4.69) is 21.2 Å². The third kappa shape index (κ3) is 4.91. The molecule has 8 heteroatoms. The van der Waals surface area contributed by atoms with Gasteiger partial charge >= 0.3 is 0 Å². The van der Waals surface area contributed by atoms with Crippen molar-refractivity contribution in [2.45, 2.75) is 20.0 Å². The highest BCUT2D eigenvalue weighted by Gasteiger charge is 2.30. The van der Waals surface area contributed by atoms with Crippen molar-refractivity contribution in [1.29, 1.82) is 0 Å². The SMILES string of the molecule is CCCN1C(=O)/C(=C/c2cc(OC)c(OCc3ccccc3Cl)cc2Br)NC1=S. The number of benzene rings is 2. The van der Waals surface area contributed by atoms with Gasteiger partial charge in [0.25, 0.3) is 5.91 Å². The van der Waals surface area contributed by atoms with Crippen LogP contribution in [0.25, 0.3) is 6.08 Å². The quantitative estimate of drug-likeness (QED) is 0.425. The van der Waals surface area contributed by atoms with Gasteiger partial charge in [0.15, 0.2) is 16.6 Å². The number of amides is 1. The molecule has 0 spiro atoms. The first-order valence-corrected chi connectivity index (χ1v) is 10.6. The van der Waals surface area contributed by atoms with Crippen molar-refractivity contribution in [3.8, 4) is 11.5 Å². The fraction of sp³-hybridized carbons (Fsp3) is 0.238. The lowest BCUT2D eigenvalue weighted by Gasteiger charge is -2.14. The molecule has 0 aliphatic carbocycles. The minimum atomic E-state index is -0.137. The van der Waals surface area contributed by atoms with E-state index in [0.29, 0.717) is 40.5 Å². The lowest BCUT2D eigenvalue weighted by atomic mass is 10.1. The fourth-order valence-electron chi connectivity index (χ4n) is 2.86. The van der Waals surface area contributed by atoms with Gasteiger partial charge in [-0.1, -0.05) is 52.7 Å². The zero-order chi connectivity index (χ0) is 21.0. The van der Waals surface area contributed by atoms with Crippen LogP contribution < -0.4 is 14.8 Å². The maximum Gasteiger partial charge on any atom is 0.276 e. The summed E-state index contributed by atoms with van der Waals surface area (Å²) in [7, 11) is 1.57. The number of thiocarbonyl (C=S) groups is 1. The Morgan fingerprint density at radius 2 is 2.03 bits per heavy atom. The number of halogens is 2. The van der Waals surface area contributed by atoms with Gasteiger partial charge < -0.3 is 14.8 Å². The van der Waals surface area contributed by atoms with E-state index in [-0.39, 0.29) is 5.91 Å². The van der Waals surface area contributed by atoms with Gasteiger partial charge in [-0.05, 0) is 48.5 Å². The molecular weight excluding hydrogens is 476 g/mol. The van der Waals surface area contributed by atoms with Crippen molar-refractivity contribution >= 4 is 56.8 Å². The average Bonchev–Trinajstić information content (AvgIpc) is 2.96. The largest absolute Gasteiger partial charge is 0.493 e. The number of nitrogens with zero attached hydrogens (tertiary/aromatic N) is 1. The average molecular weight is 496 g/mol. The molecular formula is C21H20BrClN2O3S. The van der Waals surface area contributed by atoms with Crippen LogP contribution in [0.15, 0.2) is 46.6 Å². The van der Waals surface area contributed by atoms with Gasteiger partial charge in [0.2, 0.25) is 0 Å². The molecule has 0 radical (unpaired) electrons. The highest BCUT2D eigenvalue weighted by molar-refractivity contribution is 9.10. The predicted octanol–water partition coefficient (Wildman–Crippen LogP) is 5.16. The first-order chi connectivity index (χ1) is 13.9. The molecule has 2 aromatic carbocycles. The molecule has 29 heavy (non-hydrogen) atoms. The summed E-state index contributed by atoms with van der Waals surface area (Å²) >= 11 is 15.0. The summed E-state index contributed by atoms with van der Waals surface area (Å²) in [6, 6.07) is 11.1. The van der Waals surface area contributed by atoms with Crippen LogP contribution in [-0.4, -0.2) is 29.6 Å². The van der Waals surface area contributed by atoms with Crippen LogP contribution >= 0.6 is 39.7 Å². The summed E-state index contributed by atoms with van der Waals surface area (Å²) in [5.74, 6) is 0.975. The molecule has 0 saturated carbocycles. The van der Waals surface area contributed by atoms with Crippen LogP contribution in [0, 0.1) is 0 Å². The lowest BCUT2D eigenvalue weighted by Crippen LogP contribution is -2.31. The fourth-order valence-corrected chi connectivity index (χ4v) is 3.77. The van der Waals surface area contributed by atoms with Gasteiger partial charge in [-0.3, -0.25) is 9.69 Å². The molecule has 0 unspecified atom stereocenters. The Labute approximate surface area is 188 Å². The lowest BCUT2D eigenvalue weighted by molar-refractivity contribution is -0.122. The van der Waals surface area contributed by atoms with Crippen LogP contribution in [0.5, 0.6) is 11.5 Å². The second-order valence-electron chi connectivity index (χ2n) is 6.35. The summed E-state index contributed by atoms with van der Waals surface area (Å²) in [4.78, 5) is 14.1. The van der Waals surface area contributed by atoms with Gasteiger partial charge in [0.1, 0.15) is 12.3 Å². The molecule has 3 rings (SSSR count). The third-order valence-electron chi connectivity index (χ3n) is 4.33. The second kappa shape index (κ2) is 9.61. The number of nitrogens with one attached hydrogen (secondary N) is 1.